The lowest BCUT2D eigenvalue weighted by molar-refractivity contribution is -0.121. The highest BCUT2D eigenvalue weighted by molar-refractivity contribution is 5.76. The van der Waals surface area contributed by atoms with Crippen LogP contribution in [0.5, 0.6) is 0 Å². The highest BCUT2D eigenvalue weighted by Crippen LogP contribution is 2.09. The van der Waals surface area contributed by atoms with E-state index < -0.39 is 0 Å². The molecule has 0 atom stereocenters. The molecule has 0 radical (unpaired) electrons. The molecule has 0 unspecified atom stereocenters. The second-order valence-corrected chi connectivity index (χ2v) is 4.44. The zero-order valence-electron chi connectivity index (χ0n) is 10.8. The predicted molar refractivity (Wildman–Crippen MR) is 70.0 cm³/mol. The number of carbonyl (C=O) groups is 1. The summed E-state index contributed by atoms with van der Waals surface area (Å²) in [5.74, 6) is 0.469. The van der Waals surface area contributed by atoms with Crippen LogP contribution in [0.15, 0.2) is 41.0 Å². The molecule has 19 heavy (non-hydrogen) atoms. The van der Waals surface area contributed by atoms with Gasteiger partial charge in [-0.1, -0.05) is 12.1 Å². The van der Waals surface area contributed by atoms with E-state index in [0.29, 0.717) is 24.9 Å². The molecule has 1 aromatic heterocycles. The van der Waals surface area contributed by atoms with Gasteiger partial charge in [0.25, 0.3) is 0 Å². The zero-order chi connectivity index (χ0) is 13.7. The van der Waals surface area contributed by atoms with Crippen molar-refractivity contribution in [2.45, 2.75) is 26.3 Å². The largest absolute Gasteiger partial charge is 0.469 e. The van der Waals surface area contributed by atoms with Crippen LogP contribution in [0.3, 0.4) is 0 Å². The van der Waals surface area contributed by atoms with Gasteiger partial charge in [0.1, 0.15) is 11.6 Å². The van der Waals surface area contributed by atoms with Gasteiger partial charge in [-0.05, 0) is 36.2 Å². The second-order valence-electron chi connectivity index (χ2n) is 4.44. The van der Waals surface area contributed by atoms with Gasteiger partial charge in [0, 0.05) is 19.4 Å². The Labute approximate surface area is 111 Å². The van der Waals surface area contributed by atoms with Crippen LogP contribution < -0.4 is 5.32 Å². The van der Waals surface area contributed by atoms with Crippen LogP contribution in [0.2, 0.25) is 0 Å². The van der Waals surface area contributed by atoms with Crippen LogP contribution in [-0.2, 0) is 17.8 Å². The average Bonchev–Trinajstić information content (AvgIpc) is 2.91. The van der Waals surface area contributed by atoms with Gasteiger partial charge in [-0.25, -0.2) is 4.39 Å². The van der Waals surface area contributed by atoms with Gasteiger partial charge >= 0.3 is 0 Å². The number of amides is 1. The number of hydrogen-bond acceptors (Lipinski definition) is 2. The maximum atomic E-state index is 13.3. The third-order valence-corrected chi connectivity index (χ3v) is 2.90. The number of aryl methyl sites for hydroxylation is 2. The van der Waals surface area contributed by atoms with E-state index in [1.54, 1.807) is 25.3 Å². The van der Waals surface area contributed by atoms with Crippen molar-refractivity contribution in [1.29, 1.82) is 0 Å². The molecule has 0 saturated carbocycles. The highest BCUT2D eigenvalue weighted by atomic mass is 19.1. The maximum absolute atomic E-state index is 13.3. The van der Waals surface area contributed by atoms with E-state index in [2.05, 4.69) is 5.32 Å². The summed E-state index contributed by atoms with van der Waals surface area (Å²) in [4.78, 5) is 11.6. The molecule has 0 saturated heterocycles. The van der Waals surface area contributed by atoms with E-state index in [-0.39, 0.29) is 11.7 Å². The quantitative estimate of drug-likeness (QED) is 0.899. The molecule has 2 rings (SSSR count). The zero-order valence-corrected chi connectivity index (χ0v) is 10.8. The molecule has 2 aromatic rings. The standard InChI is InChI=1S/C15H16FNO2/c1-11-4-5-12(9-14(11)16)10-17-15(18)7-6-13-3-2-8-19-13/h2-5,8-9H,6-7,10H2,1H3,(H,17,18). The Balaban J connectivity index is 1.78. The predicted octanol–water partition coefficient (Wildman–Crippen LogP) is 2.98. The Morgan fingerprint density at radius 3 is 2.89 bits per heavy atom. The van der Waals surface area contributed by atoms with Crippen LogP contribution in [0.1, 0.15) is 23.3 Å². The molecule has 1 amide bonds. The maximum Gasteiger partial charge on any atom is 0.220 e. The number of rotatable bonds is 5. The minimum absolute atomic E-state index is 0.0719. The Kier molecular flexibility index (Phi) is 4.34. The van der Waals surface area contributed by atoms with E-state index in [1.165, 1.54) is 6.07 Å². The summed E-state index contributed by atoms with van der Waals surface area (Å²) in [5, 5.41) is 2.76. The van der Waals surface area contributed by atoms with Crippen molar-refractivity contribution in [3.8, 4) is 0 Å². The molecule has 1 N–H and O–H groups in total. The van der Waals surface area contributed by atoms with Crippen molar-refractivity contribution in [2.24, 2.45) is 0 Å². The molecule has 0 fully saturated rings. The Bertz CT molecular complexity index is 549. The summed E-state index contributed by atoms with van der Waals surface area (Å²) >= 11 is 0. The number of halogens is 1. The SMILES string of the molecule is Cc1ccc(CNC(=O)CCc2ccco2)cc1F. The van der Waals surface area contributed by atoms with E-state index in [1.807, 2.05) is 12.1 Å². The summed E-state index contributed by atoms with van der Waals surface area (Å²) in [7, 11) is 0. The lowest BCUT2D eigenvalue weighted by atomic mass is 10.1. The van der Waals surface area contributed by atoms with Crippen LogP contribution >= 0.6 is 0 Å². The second kappa shape index (κ2) is 6.18. The Morgan fingerprint density at radius 1 is 1.37 bits per heavy atom. The molecule has 4 heteroatoms. The van der Waals surface area contributed by atoms with Crippen molar-refractivity contribution in [3.63, 3.8) is 0 Å². The number of nitrogens with one attached hydrogen (secondary N) is 1. The fourth-order valence-corrected chi connectivity index (χ4v) is 1.73. The van der Waals surface area contributed by atoms with Crippen molar-refractivity contribution >= 4 is 5.91 Å². The van der Waals surface area contributed by atoms with Gasteiger partial charge < -0.3 is 9.73 Å². The first kappa shape index (κ1) is 13.3. The molecule has 0 spiro atoms. The van der Waals surface area contributed by atoms with Crippen molar-refractivity contribution < 1.29 is 13.6 Å². The topological polar surface area (TPSA) is 42.2 Å². The minimum Gasteiger partial charge on any atom is -0.469 e. The van der Waals surface area contributed by atoms with E-state index in [0.717, 1.165) is 11.3 Å². The van der Waals surface area contributed by atoms with Gasteiger partial charge in [0.05, 0.1) is 6.26 Å². The molecule has 1 aromatic carbocycles. The van der Waals surface area contributed by atoms with Crippen LogP contribution in [0.4, 0.5) is 4.39 Å². The van der Waals surface area contributed by atoms with Crippen LogP contribution in [0.25, 0.3) is 0 Å². The Hall–Kier alpha value is -2.10. The molecule has 0 aliphatic heterocycles. The fraction of sp³-hybridized carbons (Fsp3) is 0.267. The first-order valence-electron chi connectivity index (χ1n) is 6.19. The first-order chi connectivity index (χ1) is 9.15. The van der Waals surface area contributed by atoms with E-state index >= 15 is 0 Å². The Morgan fingerprint density at radius 2 is 2.21 bits per heavy atom. The summed E-state index contributed by atoms with van der Waals surface area (Å²) in [6, 6.07) is 8.60. The normalized spacial score (nSPS) is 10.4. The summed E-state index contributed by atoms with van der Waals surface area (Å²) in [5.41, 5.74) is 1.36. The first-order valence-corrected chi connectivity index (χ1v) is 6.19. The van der Waals surface area contributed by atoms with Crippen molar-refractivity contribution in [1.82, 2.24) is 5.32 Å². The van der Waals surface area contributed by atoms with Crippen LogP contribution in [0, 0.1) is 12.7 Å². The summed E-state index contributed by atoms with van der Waals surface area (Å²) < 4.78 is 18.5. The highest BCUT2D eigenvalue weighted by Gasteiger charge is 2.05. The summed E-state index contributed by atoms with van der Waals surface area (Å²) in [6.45, 7) is 2.05. The van der Waals surface area contributed by atoms with Gasteiger partial charge in [0.15, 0.2) is 0 Å². The van der Waals surface area contributed by atoms with Gasteiger partial charge in [0.2, 0.25) is 5.91 Å². The molecule has 0 aliphatic carbocycles. The molecule has 1 heterocycles. The molecular formula is C15H16FNO2. The molecule has 100 valence electrons. The third-order valence-electron chi connectivity index (χ3n) is 2.90. The number of hydrogen-bond donors (Lipinski definition) is 1. The lowest BCUT2D eigenvalue weighted by Crippen LogP contribution is -2.23. The lowest BCUT2D eigenvalue weighted by Gasteiger charge is -2.06. The van der Waals surface area contributed by atoms with Crippen LogP contribution in [-0.4, -0.2) is 5.91 Å². The van der Waals surface area contributed by atoms with Gasteiger partial charge in [-0.3, -0.25) is 4.79 Å². The van der Waals surface area contributed by atoms with Crippen molar-refractivity contribution in [3.05, 3.63) is 59.3 Å². The van der Waals surface area contributed by atoms with Gasteiger partial charge in [-0.15, -0.1) is 0 Å². The monoisotopic (exact) mass is 261 g/mol. The summed E-state index contributed by atoms with van der Waals surface area (Å²) in [6.07, 6.45) is 2.52. The number of furan rings is 1. The average molecular weight is 261 g/mol. The number of benzene rings is 1. The smallest absolute Gasteiger partial charge is 0.220 e. The molecule has 0 bridgehead atoms. The molecular weight excluding hydrogens is 245 g/mol. The fourth-order valence-electron chi connectivity index (χ4n) is 1.73. The van der Waals surface area contributed by atoms with E-state index in [4.69, 9.17) is 4.42 Å². The van der Waals surface area contributed by atoms with Gasteiger partial charge in [-0.2, -0.15) is 0 Å². The van der Waals surface area contributed by atoms with Crippen molar-refractivity contribution in [2.75, 3.05) is 0 Å². The number of carbonyl (C=O) groups excluding carboxylic acids is 1. The molecule has 3 nitrogen and oxygen atoms in total. The molecule has 0 aliphatic rings. The third kappa shape index (κ3) is 3.95. The minimum atomic E-state index is -0.248. The van der Waals surface area contributed by atoms with E-state index in [9.17, 15) is 9.18 Å².